The third-order valence-electron chi connectivity index (χ3n) is 4.59. The summed E-state index contributed by atoms with van der Waals surface area (Å²) in [7, 11) is 0. The second-order valence-electron chi connectivity index (χ2n) is 6.29. The Labute approximate surface area is 152 Å². The molecule has 6 nitrogen and oxygen atoms in total. The lowest BCUT2D eigenvalue weighted by Crippen LogP contribution is -2.36. The summed E-state index contributed by atoms with van der Waals surface area (Å²) in [6.45, 7) is 2.98. The summed E-state index contributed by atoms with van der Waals surface area (Å²) in [4.78, 5) is 18.6. The molecule has 0 fully saturated rings. The van der Waals surface area contributed by atoms with E-state index in [-0.39, 0.29) is 11.7 Å². The van der Waals surface area contributed by atoms with Crippen LogP contribution >= 0.6 is 0 Å². The first-order valence-electron chi connectivity index (χ1n) is 8.58. The van der Waals surface area contributed by atoms with Crippen LogP contribution in [0.25, 0.3) is 11.1 Å². The molecule has 0 unspecified atom stereocenters. The van der Waals surface area contributed by atoms with Gasteiger partial charge in [0.1, 0.15) is 17.5 Å². The first-order valence-corrected chi connectivity index (χ1v) is 8.58. The van der Waals surface area contributed by atoms with Crippen molar-refractivity contribution in [3.05, 3.63) is 46.6 Å². The fourth-order valence-corrected chi connectivity index (χ4v) is 3.34. The van der Waals surface area contributed by atoms with Gasteiger partial charge in [-0.1, -0.05) is 19.1 Å². The Bertz CT molecular complexity index is 952. The summed E-state index contributed by atoms with van der Waals surface area (Å²) in [6, 6.07) is 11.3. The number of nitrogen functional groups attached to an aromatic ring is 1. The van der Waals surface area contributed by atoms with E-state index in [1.165, 1.54) is 0 Å². The topological polar surface area (TPSA) is 107 Å². The predicted molar refractivity (Wildman–Crippen MR) is 97.5 cm³/mol. The quantitative estimate of drug-likeness (QED) is 0.920. The molecule has 0 saturated carbocycles. The van der Waals surface area contributed by atoms with Crippen LogP contribution in [0.2, 0.25) is 0 Å². The number of nitriles is 2. The number of hydrogen-bond donors (Lipinski definition) is 1. The highest BCUT2D eigenvalue weighted by atomic mass is 16.2. The van der Waals surface area contributed by atoms with Crippen molar-refractivity contribution in [3.63, 3.8) is 0 Å². The second-order valence-corrected chi connectivity index (χ2v) is 6.29. The molecule has 1 aliphatic heterocycles. The van der Waals surface area contributed by atoms with Gasteiger partial charge in [-0.25, -0.2) is 4.98 Å². The molecule has 2 N–H and O–H groups in total. The molecule has 1 aromatic carbocycles. The highest BCUT2D eigenvalue weighted by Crippen LogP contribution is 2.35. The molecule has 26 heavy (non-hydrogen) atoms. The van der Waals surface area contributed by atoms with Crippen molar-refractivity contribution in [1.82, 2.24) is 9.88 Å². The van der Waals surface area contributed by atoms with Gasteiger partial charge in [-0.15, -0.1) is 0 Å². The van der Waals surface area contributed by atoms with Crippen LogP contribution in [0.15, 0.2) is 24.3 Å². The number of nitrogens with two attached hydrogens (primary N) is 1. The van der Waals surface area contributed by atoms with E-state index in [2.05, 4.69) is 17.1 Å². The van der Waals surface area contributed by atoms with E-state index in [1.807, 2.05) is 17.9 Å². The number of hydrogen-bond acceptors (Lipinski definition) is 5. The predicted octanol–water partition coefficient (Wildman–Crippen LogP) is 2.76. The number of benzene rings is 1. The number of carbonyl (C=O) groups excluding carboxylic acids is 1. The molecule has 130 valence electrons. The van der Waals surface area contributed by atoms with E-state index in [0.29, 0.717) is 42.6 Å². The van der Waals surface area contributed by atoms with Crippen LogP contribution in [0.1, 0.15) is 42.1 Å². The van der Waals surface area contributed by atoms with Crippen molar-refractivity contribution >= 4 is 11.7 Å². The Morgan fingerprint density at radius 1 is 1.35 bits per heavy atom. The van der Waals surface area contributed by atoms with Crippen LogP contribution in [0, 0.1) is 22.7 Å². The lowest BCUT2D eigenvalue weighted by Gasteiger charge is -2.30. The molecule has 1 aromatic heterocycles. The normalized spacial score (nSPS) is 12.8. The lowest BCUT2D eigenvalue weighted by atomic mass is 9.90. The van der Waals surface area contributed by atoms with Crippen LogP contribution in [0.3, 0.4) is 0 Å². The van der Waals surface area contributed by atoms with Crippen LogP contribution in [0.4, 0.5) is 5.82 Å². The zero-order valence-corrected chi connectivity index (χ0v) is 14.6. The average Bonchev–Trinajstić information content (AvgIpc) is 2.66. The Morgan fingerprint density at radius 3 is 2.85 bits per heavy atom. The number of pyridine rings is 1. The molecule has 0 bridgehead atoms. The molecule has 3 rings (SSSR count). The van der Waals surface area contributed by atoms with Crippen LogP contribution < -0.4 is 5.73 Å². The van der Waals surface area contributed by atoms with Gasteiger partial charge in [0.15, 0.2) is 0 Å². The molecule has 0 radical (unpaired) electrons. The number of rotatable bonds is 3. The average molecular weight is 345 g/mol. The van der Waals surface area contributed by atoms with Gasteiger partial charge < -0.3 is 10.6 Å². The fraction of sp³-hybridized carbons (Fsp3) is 0.300. The van der Waals surface area contributed by atoms with Crippen molar-refractivity contribution in [2.24, 2.45) is 0 Å². The standard InChI is InChI=1S/C20H19N5O/c1-2-4-18(26)25-8-7-17-16(12-25)19(15(11-22)20(23)24-17)14-6-3-5-13(9-14)10-21/h3,5-6,9H,2,4,7-8,12H2,1H3,(H2,23,24). The van der Waals surface area contributed by atoms with E-state index in [1.54, 1.807) is 18.2 Å². The van der Waals surface area contributed by atoms with Gasteiger partial charge in [0.25, 0.3) is 0 Å². The molecule has 2 heterocycles. The SMILES string of the molecule is CCCC(=O)N1CCc2nc(N)c(C#N)c(-c3cccc(C#N)c3)c2C1. The molecule has 1 aliphatic rings. The maximum atomic E-state index is 12.4. The van der Waals surface area contributed by atoms with Gasteiger partial charge in [0.05, 0.1) is 17.3 Å². The molecule has 0 atom stereocenters. The van der Waals surface area contributed by atoms with Gasteiger partial charge in [-0.2, -0.15) is 10.5 Å². The molecule has 0 aliphatic carbocycles. The number of nitrogens with zero attached hydrogens (tertiary/aromatic N) is 4. The van der Waals surface area contributed by atoms with Crippen molar-refractivity contribution in [2.75, 3.05) is 12.3 Å². The van der Waals surface area contributed by atoms with E-state index in [9.17, 15) is 15.3 Å². The minimum atomic E-state index is 0.102. The molecule has 0 saturated heterocycles. The summed E-state index contributed by atoms with van der Waals surface area (Å²) >= 11 is 0. The first-order chi connectivity index (χ1) is 12.6. The summed E-state index contributed by atoms with van der Waals surface area (Å²) in [5.74, 6) is 0.294. The van der Waals surface area contributed by atoms with Gasteiger partial charge in [-0.05, 0) is 24.1 Å². The first kappa shape index (κ1) is 17.4. The third-order valence-corrected chi connectivity index (χ3v) is 4.59. The largest absolute Gasteiger partial charge is 0.383 e. The highest BCUT2D eigenvalue weighted by molar-refractivity contribution is 5.82. The number of fused-ring (bicyclic) bond motifs is 1. The van der Waals surface area contributed by atoms with Crippen molar-refractivity contribution in [2.45, 2.75) is 32.7 Å². The number of anilines is 1. The summed E-state index contributed by atoms with van der Waals surface area (Å²) in [6.07, 6.45) is 1.90. The maximum absolute atomic E-state index is 12.4. The van der Waals surface area contributed by atoms with Crippen molar-refractivity contribution < 1.29 is 4.79 Å². The van der Waals surface area contributed by atoms with E-state index in [0.717, 1.165) is 23.2 Å². The van der Waals surface area contributed by atoms with Crippen LogP contribution in [-0.4, -0.2) is 22.3 Å². The Balaban J connectivity index is 2.17. The van der Waals surface area contributed by atoms with Gasteiger partial charge in [-0.3, -0.25) is 4.79 Å². The minimum Gasteiger partial charge on any atom is -0.383 e. The monoisotopic (exact) mass is 345 g/mol. The molecular formula is C20H19N5O. The molecular weight excluding hydrogens is 326 g/mol. The van der Waals surface area contributed by atoms with Crippen LogP contribution in [0.5, 0.6) is 0 Å². The maximum Gasteiger partial charge on any atom is 0.222 e. The Morgan fingerprint density at radius 2 is 2.15 bits per heavy atom. The van der Waals surface area contributed by atoms with Gasteiger partial charge >= 0.3 is 0 Å². The summed E-state index contributed by atoms with van der Waals surface area (Å²) in [5, 5.41) is 18.8. The Hall–Kier alpha value is -3.38. The zero-order valence-electron chi connectivity index (χ0n) is 14.6. The number of amides is 1. The van der Waals surface area contributed by atoms with E-state index in [4.69, 9.17) is 5.73 Å². The van der Waals surface area contributed by atoms with E-state index < -0.39 is 0 Å². The summed E-state index contributed by atoms with van der Waals surface area (Å²) < 4.78 is 0. The third kappa shape index (κ3) is 3.10. The Kier molecular flexibility index (Phi) is 4.86. The highest BCUT2D eigenvalue weighted by Gasteiger charge is 2.27. The number of carbonyl (C=O) groups is 1. The summed E-state index contributed by atoms with van der Waals surface area (Å²) in [5.41, 5.74) is 9.92. The molecule has 1 amide bonds. The molecule has 2 aromatic rings. The van der Waals surface area contributed by atoms with Gasteiger partial charge in [0.2, 0.25) is 5.91 Å². The van der Waals surface area contributed by atoms with Crippen molar-refractivity contribution in [1.29, 1.82) is 10.5 Å². The minimum absolute atomic E-state index is 0.102. The lowest BCUT2D eigenvalue weighted by molar-refractivity contribution is -0.132. The second kappa shape index (κ2) is 7.25. The smallest absolute Gasteiger partial charge is 0.222 e. The van der Waals surface area contributed by atoms with E-state index >= 15 is 0 Å². The molecule has 6 heteroatoms. The van der Waals surface area contributed by atoms with Crippen molar-refractivity contribution in [3.8, 4) is 23.3 Å². The van der Waals surface area contributed by atoms with Crippen LogP contribution in [-0.2, 0) is 17.8 Å². The molecule has 0 spiro atoms. The zero-order chi connectivity index (χ0) is 18.7. The number of aromatic nitrogens is 1. The van der Waals surface area contributed by atoms with Gasteiger partial charge in [0, 0.05) is 37.1 Å². The fourth-order valence-electron chi connectivity index (χ4n) is 3.34.